The number of hydrogen-bond donors (Lipinski definition) is 6. The molecule has 5 atom stereocenters. The van der Waals surface area contributed by atoms with Gasteiger partial charge in [0.15, 0.2) is 23.2 Å². The lowest BCUT2D eigenvalue weighted by molar-refractivity contribution is -0.0511. The number of aromatic amines is 2. The highest BCUT2D eigenvalue weighted by atomic mass is 16.6. The minimum absolute atomic E-state index is 0.00318. The van der Waals surface area contributed by atoms with Gasteiger partial charge in [-0.1, -0.05) is 30.3 Å². The third-order valence-electron chi connectivity index (χ3n) is 6.87. The Balaban J connectivity index is 1.57. The molecule has 2 aliphatic rings. The van der Waals surface area contributed by atoms with E-state index < -0.39 is 48.3 Å². The highest BCUT2D eigenvalue weighted by Crippen LogP contribution is 2.44. The molecule has 0 radical (unpaired) electrons. The number of fused-ring (bicyclic) bond motifs is 2. The van der Waals surface area contributed by atoms with Gasteiger partial charge in [-0.05, 0) is 5.56 Å². The van der Waals surface area contributed by atoms with Crippen molar-refractivity contribution in [3.63, 3.8) is 0 Å². The van der Waals surface area contributed by atoms with Crippen LogP contribution in [0, 0.1) is 11.3 Å². The van der Waals surface area contributed by atoms with Gasteiger partial charge in [-0.2, -0.15) is 5.26 Å². The first kappa shape index (κ1) is 24.5. The van der Waals surface area contributed by atoms with Gasteiger partial charge < -0.3 is 25.8 Å². The minimum atomic E-state index is -1.40. The van der Waals surface area contributed by atoms with Crippen molar-refractivity contribution in [3.05, 3.63) is 86.3 Å². The van der Waals surface area contributed by atoms with Crippen molar-refractivity contribution < 1.29 is 20.1 Å². The summed E-state index contributed by atoms with van der Waals surface area (Å²) < 4.78 is 6.96. The van der Waals surface area contributed by atoms with Gasteiger partial charge in [-0.15, -0.1) is 0 Å². The molecular formula is C24H21N9O6. The first-order valence-corrected chi connectivity index (χ1v) is 11.8. The summed E-state index contributed by atoms with van der Waals surface area (Å²) in [6.45, 7) is -0.519. The molecule has 1 fully saturated rings. The molecule has 15 nitrogen and oxygen atoms in total. The molecule has 5 heterocycles. The van der Waals surface area contributed by atoms with Crippen molar-refractivity contribution in [1.29, 1.82) is 5.26 Å². The Morgan fingerprint density at radius 3 is 2.56 bits per heavy atom. The van der Waals surface area contributed by atoms with Crippen LogP contribution in [0.5, 0.6) is 0 Å². The van der Waals surface area contributed by atoms with Gasteiger partial charge in [0.05, 0.1) is 36.1 Å². The Bertz CT molecular complexity index is 1770. The molecule has 1 unspecified atom stereocenters. The van der Waals surface area contributed by atoms with Crippen molar-refractivity contribution in [2.75, 3.05) is 11.5 Å². The van der Waals surface area contributed by atoms with E-state index in [-0.39, 0.29) is 39.8 Å². The fourth-order valence-corrected chi connectivity index (χ4v) is 5.08. The summed E-state index contributed by atoms with van der Waals surface area (Å²) in [6.07, 6.45) is -2.44. The van der Waals surface area contributed by atoms with Gasteiger partial charge in [0.1, 0.15) is 36.3 Å². The Labute approximate surface area is 218 Å². The van der Waals surface area contributed by atoms with Crippen molar-refractivity contribution in [2.45, 2.75) is 30.5 Å². The second-order valence-electron chi connectivity index (χ2n) is 9.01. The van der Waals surface area contributed by atoms with Crippen LogP contribution < -0.4 is 21.9 Å². The number of anilines is 2. The molecule has 7 N–H and O–H groups in total. The number of rotatable bonds is 4. The molecule has 0 aliphatic carbocycles. The Hall–Kier alpha value is -4.88. The van der Waals surface area contributed by atoms with Crippen LogP contribution in [0.15, 0.2) is 64.0 Å². The third-order valence-corrected chi connectivity index (χ3v) is 6.87. The summed E-state index contributed by atoms with van der Waals surface area (Å²) in [5.41, 5.74) is 6.02. The maximum absolute atomic E-state index is 13.2. The van der Waals surface area contributed by atoms with Crippen molar-refractivity contribution in [2.24, 2.45) is 5.73 Å². The van der Waals surface area contributed by atoms with E-state index in [4.69, 9.17) is 10.5 Å². The molecule has 6 rings (SSSR count). The smallest absolute Gasteiger partial charge is 0.327 e. The average molecular weight is 531 g/mol. The van der Waals surface area contributed by atoms with E-state index in [2.05, 4.69) is 31.0 Å². The highest BCUT2D eigenvalue weighted by molar-refractivity contribution is 5.89. The van der Waals surface area contributed by atoms with E-state index in [0.29, 0.717) is 5.56 Å². The number of aliphatic hydroxyl groups is 3. The number of allylic oxidation sites excluding steroid dienone is 1. The SMILES string of the molecule is N#CC1=C(N)N(c2ncnc3c2ncn3[C@@H]2O[C@H](CO)[C@@H](O)[C@H]2O)c2[nH]c(=O)[nH]c(=O)c2C1c1ccccc1. The summed E-state index contributed by atoms with van der Waals surface area (Å²) in [4.78, 5) is 44.5. The van der Waals surface area contributed by atoms with E-state index in [1.165, 1.54) is 22.1 Å². The summed E-state index contributed by atoms with van der Waals surface area (Å²) in [6, 6.07) is 10.9. The van der Waals surface area contributed by atoms with Crippen LogP contribution >= 0.6 is 0 Å². The molecule has 1 aromatic carbocycles. The number of hydrogen-bond acceptors (Lipinski definition) is 12. The maximum atomic E-state index is 13.2. The molecule has 15 heteroatoms. The molecule has 0 saturated carbocycles. The van der Waals surface area contributed by atoms with E-state index in [9.17, 15) is 30.2 Å². The number of nitrogens with two attached hydrogens (primary N) is 1. The molecule has 2 aliphatic heterocycles. The van der Waals surface area contributed by atoms with Crippen LogP contribution in [0.1, 0.15) is 23.3 Å². The third kappa shape index (κ3) is 3.62. The summed E-state index contributed by atoms with van der Waals surface area (Å²) in [7, 11) is 0. The van der Waals surface area contributed by atoms with Crippen LogP contribution in [0.2, 0.25) is 0 Å². The average Bonchev–Trinajstić information content (AvgIpc) is 3.49. The lowest BCUT2D eigenvalue weighted by atomic mass is 9.83. The number of H-pyrrole nitrogens is 2. The second kappa shape index (κ2) is 9.15. The van der Waals surface area contributed by atoms with Crippen LogP contribution in [-0.2, 0) is 4.74 Å². The first-order chi connectivity index (χ1) is 18.8. The lowest BCUT2D eigenvalue weighted by Gasteiger charge is -2.33. The number of nitrogens with zero attached hydrogens (tertiary/aromatic N) is 6. The molecule has 198 valence electrons. The van der Waals surface area contributed by atoms with Gasteiger partial charge in [0, 0.05) is 0 Å². The summed E-state index contributed by atoms with van der Waals surface area (Å²) in [5, 5.41) is 40.3. The van der Waals surface area contributed by atoms with Crippen molar-refractivity contribution in [3.8, 4) is 6.07 Å². The largest absolute Gasteiger partial charge is 0.394 e. The van der Waals surface area contributed by atoms with Gasteiger partial charge >= 0.3 is 5.69 Å². The number of nitrogens with one attached hydrogen (secondary N) is 2. The molecular weight excluding hydrogens is 510 g/mol. The summed E-state index contributed by atoms with van der Waals surface area (Å²) >= 11 is 0. The van der Waals surface area contributed by atoms with E-state index in [1.807, 2.05) is 0 Å². The molecule has 1 saturated heterocycles. The number of nitriles is 1. The van der Waals surface area contributed by atoms with Crippen LogP contribution in [-0.4, -0.2) is 69.7 Å². The summed E-state index contributed by atoms with van der Waals surface area (Å²) in [5.74, 6) is -0.944. The lowest BCUT2D eigenvalue weighted by Crippen LogP contribution is -2.39. The second-order valence-corrected chi connectivity index (χ2v) is 9.01. The molecule has 0 spiro atoms. The monoisotopic (exact) mass is 531 g/mol. The Morgan fingerprint density at radius 2 is 1.87 bits per heavy atom. The predicted octanol–water partition coefficient (Wildman–Crippen LogP) is -1.21. The van der Waals surface area contributed by atoms with E-state index in [0.717, 1.165) is 0 Å². The quantitative estimate of drug-likeness (QED) is 0.182. The van der Waals surface area contributed by atoms with Crippen LogP contribution in [0.4, 0.5) is 11.6 Å². The molecule has 0 amide bonds. The van der Waals surface area contributed by atoms with Gasteiger partial charge in [0.2, 0.25) is 0 Å². The van der Waals surface area contributed by atoms with Crippen LogP contribution in [0.25, 0.3) is 11.2 Å². The zero-order chi connectivity index (χ0) is 27.4. The van der Waals surface area contributed by atoms with Crippen LogP contribution in [0.3, 0.4) is 0 Å². The maximum Gasteiger partial charge on any atom is 0.327 e. The normalized spacial score (nSPS) is 24.7. The van der Waals surface area contributed by atoms with Crippen molar-refractivity contribution in [1.82, 2.24) is 29.5 Å². The first-order valence-electron chi connectivity index (χ1n) is 11.8. The number of aliphatic hydroxyl groups excluding tert-OH is 3. The molecule has 3 aromatic heterocycles. The standard InChI is InChI=1S/C24H21N9O6/c25-6-11-13(10-4-2-1-3-5-10)14-19(30-24(38)31-22(14)37)33(18(11)26)21-15-20(27-8-28-21)32(9-29-15)23-17(36)16(35)12(7-34)39-23/h1-5,8-9,12-13,16-17,23,34-36H,7,26H2,(H2,30,31,37,38)/t12-,13?,16-,17-,23-/m1/s1. The van der Waals surface area contributed by atoms with E-state index >= 15 is 0 Å². The van der Waals surface area contributed by atoms with E-state index in [1.54, 1.807) is 30.3 Å². The number of benzene rings is 1. The van der Waals surface area contributed by atoms with Crippen molar-refractivity contribution >= 4 is 22.8 Å². The van der Waals surface area contributed by atoms with Gasteiger partial charge in [-0.3, -0.25) is 24.2 Å². The molecule has 0 bridgehead atoms. The van der Waals surface area contributed by atoms with Gasteiger partial charge in [0.25, 0.3) is 5.56 Å². The number of imidazole rings is 1. The Kier molecular flexibility index (Phi) is 5.74. The fraction of sp³-hybridized carbons (Fsp3) is 0.250. The zero-order valence-corrected chi connectivity index (χ0v) is 20.0. The topological polar surface area (TPSA) is 232 Å². The predicted molar refractivity (Wildman–Crippen MR) is 133 cm³/mol. The molecule has 4 aromatic rings. The number of ether oxygens (including phenoxy) is 1. The van der Waals surface area contributed by atoms with Gasteiger partial charge in [-0.25, -0.2) is 19.7 Å². The number of aromatic nitrogens is 6. The zero-order valence-electron chi connectivity index (χ0n) is 20.0. The molecule has 39 heavy (non-hydrogen) atoms. The highest BCUT2D eigenvalue weighted by Gasteiger charge is 2.44. The Morgan fingerprint density at radius 1 is 1.10 bits per heavy atom. The minimum Gasteiger partial charge on any atom is -0.394 e. The fourth-order valence-electron chi connectivity index (χ4n) is 5.08.